The highest BCUT2D eigenvalue weighted by atomic mass is 16.6. The van der Waals surface area contributed by atoms with E-state index in [1.165, 1.54) is 0 Å². The average molecular weight is 233 g/mol. The van der Waals surface area contributed by atoms with E-state index in [9.17, 15) is 0 Å². The van der Waals surface area contributed by atoms with Gasteiger partial charge in [-0.15, -0.1) is 0 Å². The van der Waals surface area contributed by atoms with Gasteiger partial charge in [-0.1, -0.05) is 18.2 Å². The highest BCUT2D eigenvalue weighted by molar-refractivity contribution is 5.34. The summed E-state index contributed by atoms with van der Waals surface area (Å²) in [6.07, 6.45) is 2.18. The highest BCUT2D eigenvalue weighted by Crippen LogP contribution is 2.36. The Hall–Kier alpha value is -1.06. The summed E-state index contributed by atoms with van der Waals surface area (Å²) in [7, 11) is 0. The lowest BCUT2D eigenvalue weighted by molar-refractivity contribution is -0.122. The first-order valence-electron chi connectivity index (χ1n) is 6.39. The fraction of sp³-hybridized carbons (Fsp3) is 0.571. The van der Waals surface area contributed by atoms with Crippen molar-refractivity contribution in [3.63, 3.8) is 0 Å². The van der Waals surface area contributed by atoms with Crippen molar-refractivity contribution >= 4 is 0 Å². The van der Waals surface area contributed by atoms with Gasteiger partial charge in [0.15, 0.2) is 0 Å². The largest absolute Gasteiger partial charge is 0.487 e. The number of benzene rings is 1. The Morgan fingerprint density at radius 3 is 2.82 bits per heavy atom. The summed E-state index contributed by atoms with van der Waals surface area (Å²) < 4.78 is 12.3. The summed E-state index contributed by atoms with van der Waals surface area (Å²) in [4.78, 5) is 0. The van der Waals surface area contributed by atoms with Crippen molar-refractivity contribution in [1.82, 2.24) is 5.32 Å². The quantitative estimate of drug-likeness (QED) is 0.744. The van der Waals surface area contributed by atoms with Crippen LogP contribution in [0.1, 0.15) is 25.3 Å². The lowest BCUT2D eigenvalue weighted by Gasteiger charge is -2.40. The van der Waals surface area contributed by atoms with Gasteiger partial charge >= 0.3 is 0 Å². The van der Waals surface area contributed by atoms with Gasteiger partial charge in [-0.3, -0.25) is 0 Å². The maximum absolute atomic E-state index is 6.21. The zero-order valence-electron chi connectivity index (χ0n) is 10.2. The number of para-hydroxylation sites is 1. The van der Waals surface area contributed by atoms with Crippen molar-refractivity contribution in [2.24, 2.45) is 0 Å². The zero-order valence-corrected chi connectivity index (χ0v) is 10.2. The third kappa shape index (κ3) is 1.94. The van der Waals surface area contributed by atoms with Gasteiger partial charge < -0.3 is 14.8 Å². The van der Waals surface area contributed by atoms with Gasteiger partial charge in [-0.25, -0.2) is 0 Å². The second-order valence-electron chi connectivity index (χ2n) is 4.97. The molecule has 1 fully saturated rings. The minimum atomic E-state index is -0.107. The molecule has 2 aliphatic heterocycles. The zero-order chi connectivity index (χ0) is 11.7. The smallest absolute Gasteiger partial charge is 0.125 e. The van der Waals surface area contributed by atoms with E-state index in [0.717, 1.165) is 37.2 Å². The van der Waals surface area contributed by atoms with Crippen LogP contribution in [0.15, 0.2) is 24.3 Å². The predicted molar refractivity (Wildman–Crippen MR) is 66.2 cm³/mol. The van der Waals surface area contributed by atoms with Crippen molar-refractivity contribution in [3.05, 3.63) is 29.8 Å². The van der Waals surface area contributed by atoms with Crippen molar-refractivity contribution < 1.29 is 9.47 Å². The summed E-state index contributed by atoms with van der Waals surface area (Å²) in [5.41, 5.74) is 1.05. The van der Waals surface area contributed by atoms with Gasteiger partial charge in [0.2, 0.25) is 0 Å². The Balaban J connectivity index is 1.88. The number of hydrogen-bond acceptors (Lipinski definition) is 3. The van der Waals surface area contributed by atoms with Crippen molar-refractivity contribution in [2.45, 2.75) is 38.1 Å². The molecule has 17 heavy (non-hydrogen) atoms. The third-order valence-electron chi connectivity index (χ3n) is 3.98. The van der Waals surface area contributed by atoms with E-state index in [1.54, 1.807) is 0 Å². The van der Waals surface area contributed by atoms with Gasteiger partial charge in [0.05, 0.1) is 6.61 Å². The van der Waals surface area contributed by atoms with Gasteiger partial charge in [0.25, 0.3) is 0 Å². The van der Waals surface area contributed by atoms with Crippen LogP contribution in [0.25, 0.3) is 0 Å². The molecule has 0 amide bonds. The van der Waals surface area contributed by atoms with Crippen molar-refractivity contribution in [2.75, 3.05) is 13.1 Å². The molecule has 0 aromatic heterocycles. The van der Waals surface area contributed by atoms with Crippen LogP contribution >= 0.6 is 0 Å². The molecular weight excluding hydrogens is 214 g/mol. The molecular formula is C14H19NO2. The van der Waals surface area contributed by atoms with Gasteiger partial charge in [0.1, 0.15) is 17.5 Å². The van der Waals surface area contributed by atoms with E-state index in [4.69, 9.17) is 9.47 Å². The Labute approximate surface area is 102 Å². The van der Waals surface area contributed by atoms with E-state index in [2.05, 4.69) is 18.3 Å². The Kier molecular flexibility index (Phi) is 2.81. The fourth-order valence-corrected chi connectivity index (χ4v) is 2.78. The Bertz CT molecular complexity index is 399. The molecule has 3 heteroatoms. The molecule has 2 aliphatic rings. The average Bonchev–Trinajstić information content (AvgIpc) is 2.50. The number of fused-ring (bicyclic) bond motifs is 1. The number of hydrogen-bond donors (Lipinski definition) is 1. The van der Waals surface area contributed by atoms with Crippen LogP contribution in [-0.4, -0.2) is 24.8 Å². The third-order valence-corrected chi connectivity index (χ3v) is 3.98. The summed E-state index contributed by atoms with van der Waals surface area (Å²) in [6.45, 7) is 4.84. The predicted octanol–water partition coefficient (Wildman–Crippen LogP) is 2.11. The van der Waals surface area contributed by atoms with Crippen LogP contribution in [0.5, 0.6) is 5.75 Å². The Morgan fingerprint density at radius 2 is 2.00 bits per heavy atom. The second kappa shape index (κ2) is 4.31. The van der Waals surface area contributed by atoms with Crippen LogP contribution in [-0.2, 0) is 11.3 Å². The first-order valence-corrected chi connectivity index (χ1v) is 6.39. The summed E-state index contributed by atoms with van der Waals surface area (Å²) in [5, 5.41) is 3.38. The van der Waals surface area contributed by atoms with Crippen LogP contribution in [0.3, 0.4) is 0 Å². The number of nitrogens with one attached hydrogen (secondary N) is 1. The topological polar surface area (TPSA) is 30.5 Å². The molecule has 0 bridgehead atoms. The van der Waals surface area contributed by atoms with E-state index in [1.807, 2.05) is 18.2 Å². The van der Waals surface area contributed by atoms with Gasteiger partial charge in [-0.2, -0.15) is 0 Å². The van der Waals surface area contributed by atoms with Crippen molar-refractivity contribution in [3.8, 4) is 5.75 Å². The maximum Gasteiger partial charge on any atom is 0.125 e. The monoisotopic (exact) mass is 233 g/mol. The van der Waals surface area contributed by atoms with Gasteiger partial charge in [0, 0.05) is 5.56 Å². The molecule has 3 nitrogen and oxygen atoms in total. The molecule has 1 N–H and O–H groups in total. The highest BCUT2D eigenvalue weighted by Gasteiger charge is 2.42. The summed E-state index contributed by atoms with van der Waals surface area (Å²) in [5.74, 6) is 0.982. The molecule has 0 saturated carbocycles. The lowest BCUT2D eigenvalue weighted by atomic mass is 9.87. The minimum Gasteiger partial charge on any atom is -0.487 e. The van der Waals surface area contributed by atoms with E-state index in [-0.39, 0.29) is 11.7 Å². The minimum absolute atomic E-state index is 0.107. The molecule has 92 valence electrons. The van der Waals surface area contributed by atoms with Crippen LogP contribution in [0, 0.1) is 0 Å². The molecule has 1 atom stereocenters. The summed E-state index contributed by atoms with van der Waals surface area (Å²) >= 11 is 0. The molecule has 1 aromatic rings. The van der Waals surface area contributed by atoms with E-state index in [0.29, 0.717) is 6.61 Å². The molecule has 1 saturated heterocycles. The second-order valence-corrected chi connectivity index (χ2v) is 4.97. The fourth-order valence-electron chi connectivity index (χ4n) is 2.78. The SMILES string of the molecule is CC1Oc2ccccc2COC12CCNCC2. The van der Waals surface area contributed by atoms with Crippen molar-refractivity contribution in [1.29, 1.82) is 0 Å². The molecule has 1 unspecified atom stereocenters. The normalized spacial score (nSPS) is 27.0. The van der Waals surface area contributed by atoms with E-state index < -0.39 is 0 Å². The van der Waals surface area contributed by atoms with Crippen LogP contribution < -0.4 is 10.1 Å². The molecule has 1 spiro atoms. The molecule has 3 rings (SSSR count). The first kappa shape index (κ1) is 11.1. The lowest BCUT2D eigenvalue weighted by Crippen LogP contribution is -2.52. The number of piperidine rings is 1. The van der Waals surface area contributed by atoms with Gasteiger partial charge in [-0.05, 0) is 38.9 Å². The summed E-state index contributed by atoms with van der Waals surface area (Å²) in [6, 6.07) is 8.18. The van der Waals surface area contributed by atoms with Crippen LogP contribution in [0.4, 0.5) is 0 Å². The Morgan fingerprint density at radius 1 is 1.24 bits per heavy atom. The molecule has 1 aromatic carbocycles. The number of rotatable bonds is 0. The first-order chi connectivity index (χ1) is 8.30. The maximum atomic E-state index is 6.21. The molecule has 2 heterocycles. The molecule has 0 aliphatic carbocycles. The number of ether oxygens (including phenoxy) is 2. The standard InChI is InChI=1S/C14H19NO2/c1-11-14(6-8-15-9-7-14)16-10-12-4-2-3-5-13(12)17-11/h2-5,11,15H,6-10H2,1H3. The molecule has 0 radical (unpaired) electrons. The van der Waals surface area contributed by atoms with E-state index >= 15 is 0 Å². The van der Waals surface area contributed by atoms with Crippen LogP contribution in [0.2, 0.25) is 0 Å².